The van der Waals surface area contributed by atoms with Crippen LogP contribution in [0.2, 0.25) is 0 Å². The van der Waals surface area contributed by atoms with Crippen LogP contribution in [0.1, 0.15) is 41.5 Å². The van der Waals surface area contributed by atoms with Crippen molar-refractivity contribution in [3.8, 4) is 23.0 Å². The molecule has 0 radical (unpaired) electrons. The number of aromatic nitrogens is 1. The number of aryl methyl sites for hydroxylation is 2. The number of carboxylic acid groups (broad SMARTS) is 1. The average molecular weight is 527 g/mol. The molecule has 7 nitrogen and oxygen atoms in total. The molecule has 0 saturated carbocycles. The van der Waals surface area contributed by atoms with Crippen molar-refractivity contribution in [1.29, 1.82) is 0 Å². The van der Waals surface area contributed by atoms with E-state index in [2.05, 4.69) is 10.3 Å². The largest absolute Gasteiger partial charge is 0.508 e. The van der Waals surface area contributed by atoms with Gasteiger partial charge in [-0.3, -0.25) is 4.79 Å². The summed E-state index contributed by atoms with van der Waals surface area (Å²) >= 11 is 0. The lowest BCUT2D eigenvalue weighted by atomic mass is 9.78. The molecule has 202 valence electrons. The summed E-state index contributed by atoms with van der Waals surface area (Å²) in [6, 6.07) is 24.8. The van der Waals surface area contributed by atoms with Crippen LogP contribution in [0.3, 0.4) is 0 Å². The molecule has 39 heavy (non-hydrogen) atoms. The molecule has 0 spiro atoms. The van der Waals surface area contributed by atoms with E-state index in [1.165, 1.54) is 0 Å². The summed E-state index contributed by atoms with van der Waals surface area (Å²) in [6.45, 7) is 3.02. The summed E-state index contributed by atoms with van der Waals surface area (Å²) in [5.41, 5.74) is 3.75. The third kappa shape index (κ3) is 6.49. The topological polar surface area (TPSA) is 105 Å². The molecule has 0 amide bonds. The number of benzene rings is 3. The summed E-state index contributed by atoms with van der Waals surface area (Å²) in [7, 11) is 0. The predicted octanol–water partition coefficient (Wildman–Crippen LogP) is 5.96. The quantitative estimate of drug-likeness (QED) is 0.234. The maximum atomic E-state index is 12.1. The van der Waals surface area contributed by atoms with E-state index >= 15 is 0 Å². The molecule has 1 fully saturated rings. The maximum absolute atomic E-state index is 12.1. The minimum atomic E-state index is -0.774. The van der Waals surface area contributed by atoms with Gasteiger partial charge >= 0.3 is 5.97 Å². The van der Waals surface area contributed by atoms with E-state index in [0.717, 1.165) is 46.7 Å². The van der Waals surface area contributed by atoms with Crippen LogP contribution in [-0.4, -0.2) is 34.3 Å². The van der Waals surface area contributed by atoms with Gasteiger partial charge in [0.25, 0.3) is 0 Å². The Balaban J connectivity index is 1.11. The van der Waals surface area contributed by atoms with Gasteiger partial charge < -0.3 is 24.7 Å². The van der Waals surface area contributed by atoms with Gasteiger partial charge in [0.05, 0.1) is 18.2 Å². The van der Waals surface area contributed by atoms with Crippen molar-refractivity contribution >= 4 is 5.97 Å². The molecule has 2 heterocycles. The van der Waals surface area contributed by atoms with Crippen molar-refractivity contribution in [2.45, 2.75) is 38.6 Å². The summed E-state index contributed by atoms with van der Waals surface area (Å²) in [5, 5.41) is 23.5. The van der Waals surface area contributed by atoms with E-state index in [1.54, 1.807) is 12.1 Å². The molecule has 1 aliphatic heterocycles. The summed E-state index contributed by atoms with van der Waals surface area (Å²) in [6.07, 6.45) is 2.67. The SMILES string of the molecule is Cc1oc(-c2ccccc2)nc1CCOc1ccc(CC[C@@H]2CNC(c3ccccc3O)C[C@@H]2C(=O)O)cc1. The van der Waals surface area contributed by atoms with Crippen molar-refractivity contribution in [2.75, 3.05) is 13.2 Å². The molecule has 4 aromatic rings. The molecule has 1 saturated heterocycles. The van der Waals surface area contributed by atoms with Crippen molar-refractivity contribution < 1.29 is 24.2 Å². The smallest absolute Gasteiger partial charge is 0.306 e. The number of para-hydroxylation sites is 1. The Morgan fingerprint density at radius 1 is 1.03 bits per heavy atom. The number of aliphatic carboxylic acids is 1. The lowest BCUT2D eigenvalue weighted by molar-refractivity contribution is -0.145. The number of oxazole rings is 1. The zero-order chi connectivity index (χ0) is 27.2. The van der Waals surface area contributed by atoms with E-state index in [-0.39, 0.29) is 17.7 Å². The van der Waals surface area contributed by atoms with Gasteiger partial charge in [-0.2, -0.15) is 0 Å². The van der Waals surface area contributed by atoms with Crippen molar-refractivity contribution in [3.05, 3.63) is 101 Å². The molecule has 3 aromatic carbocycles. The molecular formula is C32H34N2O5. The third-order valence-corrected chi connectivity index (χ3v) is 7.56. The van der Waals surface area contributed by atoms with Crippen LogP contribution in [0.25, 0.3) is 11.5 Å². The molecule has 1 aromatic heterocycles. The minimum Gasteiger partial charge on any atom is -0.508 e. The normalized spacial score (nSPS) is 19.1. The number of hydrogen-bond acceptors (Lipinski definition) is 6. The van der Waals surface area contributed by atoms with E-state index in [0.29, 0.717) is 31.9 Å². The van der Waals surface area contributed by atoms with Crippen molar-refractivity contribution in [2.24, 2.45) is 11.8 Å². The Hall–Kier alpha value is -4.10. The monoisotopic (exact) mass is 526 g/mol. The highest BCUT2D eigenvalue weighted by Gasteiger charge is 2.36. The van der Waals surface area contributed by atoms with Crippen LogP contribution >= 0.6 is 0 Å². The first kappa shape index (κ1) is 26.5. The molecule has 7 heteroatoms. The second kappa shape index (κ2) is 12.2. The fourth-order valence-corrected chi connectivity index (χ4v) is 5.32. The van der Waals surface area contributed by atoms with Crippen LogP contribution in [0.5, 0.6) is 11.5 Å². The Labute approximate surface area is 228 Å². The number of ether oxygens (including phenoxy) is 1. The number of carbonyl (C=O) groups is 1. The van der Waals surface area contributed by atoms with Gasteiger partial charge in [0.15, 0.2) is 0 Å². The summed E-state index contributed by atoms with van der Waals surface area (Å²) in [5.74, 6) is 1.21. The first-order valence-electron chi connectivity index (χ1n) is 13.5. The number of phenols is 1. The molecule has 0 aliphatic carbocycles. The number of nitrogens with one attached hydrogen (secondary N) is 1. The Morgan fingerprint density at radius 3 is 2.51 bits per heavy atom. The lowest BCUT2D eigenvalue weighted by Crippen LogP contribution is -2.42. The number of piperidine rings is 1. The zero-order valence-electron chi connectivity index (χ0n) is 22.0. The first-order valence-corrected chi connectivity index (χ1v) is 13.5. The van der Waals surface area contributed by atoms with Gasteiger partial charge in [-0.05, 0) is 74.5 Å². The second-order valence-electron chi connectivity index (χ2n) is 10.1. The molecule has 1 aliphatic rings. The molecule has 5 rings (SSSR count). The number of rotatable bonds is 10. The van der Waals surface area contributed by atoms with E-state index in [1.807, 2.05) is 73.7 Å². The van der Waals surface area contributed by atoms with Crippen LogP contribution in [-0.2, 0) is 17.6 Å². The number of hydrogen-bond donors (Lipinski definition) is 3. The van der Waals surface area contributed by atoms with Crippen LogP contribution < -0.4 is 10.1 Å². The Kier molecular flexibility index (Phi) is 8.27. The summed E-state index contributed by atoms with van der Waals surface area (Å²) < 4.78 is 11.8. The van der Waals surface area contributed by atoms with Gasteiger partial charge in [0.1, 0.15) is 17.3 Å². The van der Waals surface area contributed by atoms with E-state index in [9.17, 15) is 15.0 Å². The Morgan fingerprint density at radius 2 is 1.77 bits per heavy atom. The third-order valence-electron chi connectivity index (χ3n) is 7.56. The number of phenolic OH excluding ortho intramolecular Hbond substituents is 1. The number of aromatic hydroxyl groups is 1. The van der Waals surface area contributed by atoms with Crippen molar-refractivity contribution in [3.63, 3.8) is 0 Å². The highest BCUT2D eigenvalue weighted by molar-refractivity contribution is 5.70. The van der Waals surface area contributed by atoms with E-state index in [4.69, 9.17) is 9.15 Å². The van der Waals surface area contributed by atoms with Gasteiger partial charge in [-0.1, -0.05) is 48.5 Å². The second-order valence-corrected chi connectivity index (χ2v) is 10.1. The molecule has 3 atom stereocenters. The van der Waals surface area contributed by atoms with Crippen LogP contribution in [0, 0.1) is 18.8 Å². The van der Waals surface area contributed by atoms with Gasteiger partial charge in [-0.15, -0.1) is 0 Å². The molecular weight excluding hydrogens is 492 g/mol. The van der Waals surface area contributed by atoms with E-state index < -0.39 is 11.9 Å². The van der Waals surface area contributed by atoms with Gasteiger partial charge in [-0.25, -0.2) is 4.98 Å². The highest BCUT2D eigenvalue weighted by Crippen LogP contribution is 2.36. The summed E-state index contributed by atoms with van der Waals surface area (Å²) in [4.78, 5) is 16.7. The maximum Gasteiger partial charge on any atom is 0.306 e. The van der Waals surface area contributed by atoms with Gasteiger partial charge in [0, 0.05) is 23.6 Å². The van der Waals surface area contributed by atoms with Crippen molar-refractivity contribution in [1.82, 2.24) is 10.3 Å². The highest BCUT2D eigenvalue weighted by atomic mass is 16.5. The first-order chi connectivity index (χ1) is 19.0. The lowest BCUT2D eigenvalue weighted by Gasteiger charge is -2.35. The number of nitrogens with zero attached hydrogens (tertiary/aromatic N) is 1. The number of carboxylic acids is 1. The predicted molar refractivity (Wildman–Crippen MR) is 149 cm³/mol. The molecule has 1 unspecified atom stereocenters. The Bertz CT molecular complexity index is 1380. The van der Waals surface area contributed by atoms with Crippen LogP contribution in [0.15, 0.2) is 83.3 Å². The minimum absolute atomic E-state index is 0.0204. The van der Waals surface area contributed by atoms with Gasteiger partial charge in [0.2, 0.25) is 5.89 Å². The average Bonchev–Trinajstić information content (AvgIpc) is 3.33. The fraction of sp³-hybridized carbons (Fsp3) is 0.312. The zero-order valence-corrected chi connectivity index (χ0v) is 22.0. The fourth-order valence-electron chi connectivity index (χ4n) is 5.32. The standard InChI is InChI=1S/C32H34N2O5/c1-21-28(34-31(39-21)23-7-3-2-4-8-23)17-18-38-25-15-12-22(13-16-25)11-14-24-20-33-29(19-27(24)32(36)37)26-9-5-6-10-30(26)35/h2-10,12-13,15-16,24,27,29,33,35H,11,14,17-20H2,1H3,(H,36,37)/t24-,27+,29?/m1/s1. The van der Waals surface area contributed by atoms with Crippen LogP contribution in [0.4, 0.5) is 0 Å². The molecule has 3 N–H and O–H groups in total. The molecule has 0 bridgehead atoms.